The fraction of sp³-hybridized carbons (Fsp3) is 0.667. The first-order valence-electron chi connectivity index (χ1n) is 9.26. The number of rotatable bonds is 7. The second-order valence-electron chi connectivity index (χ2n) is 7.37. The molecule has 1 N–H and O–H groups in total. The summed E-state index contributed by atoms with van der Waals surface area (Å²) in [6.45, 7) is 1.08. The van der Waals surface area contributed by atoms with Crippen molar-refractivity contribution in [3.8, 4) is 0 Å². The van der Waals surface area contributed by atoms with Gasteiger partial charge in [0.1, 0.15) is 17.5 Å². The van der Waals surface area contributed by atoms with Crippen molar-refractivity contribution in [2.24, 2.45) is 7.05 Å². The second-order valence-corrected chi connectivity index (χ2v) is 7.37. The Hall–Kier alpha value is -2.06. The van der Waals surface area contributed by atoms with Crippen LogP contribution in [-0.4, -0.2) is 68.6 Å². The number of nitrogens with one attached hydrogen (secondary N) is 1. The highest BCUT2D eigenvalue weighted by Crippen LogP contribution is 2.22. The summed E-state index contributed by atoms with van der Waals surface area (Å²) in [6.07, 6.45) is 8.77. The lowest BCUT2D eigenvalue weighted by atomic mass is 9.94. The molecule has 1 fully saturated rings. The van der Waals surface area contributed by atoms with E-state index in [0.29, 0.717) is 36.0 Å². The molecule has 3 rings (SSSR count). The molecule has 0 radical (unpaired) electrons. The van der Waals surface area contributed by atoms with Gasteiger partial charge in [-0.2, -0.15) is 5.10 Å². The lowest BCUT2D eigenvalue weighted by Gasteiger charge is -2.34. The summed E-state index contributed by atoms with van der Waals surface area (Å²) in [5.74, 6) is 0.542. The smallest absolute Gasteiger partial charge is 0.262 e. The van der Waals surface area contributed by atoms with Crippen LogP contribution in [0.25, 0.3) is 11.0 Å². The van der Waals surface area contributed by atoms with Crippen LogP contribution in [-0.2, 0) is 18.4 Å². The van der Waals surface area contributed by atoms with Gasteiger partial charge in [0.2, 0.25) is 0 Å². The first-order chi connectivity index (χ1) is 12.5. The summed E-state index contributed by atoms with van der Waals surface area (Å²) in [4.78, 5) is 35.4. The van der Waals surface area contributed by atoms with E-state index in [0.717, 1.165) is 6.29 Å². The minimum atomic E-state index is -0.241. The number of aromatic amines is 1. The molecule has 1 aliphatic carbocycles. The molecule has 8 heteroatoms. The summed E-state index contributed by atoms with van der Waals surface area (Å²) in [6, 6.07) is 0.317. The molecule has 0 bridgehead atoms. The number of hydrogen-bond acceptors (Lipinski definition) is 6. The minimum absolute atomic E-state index is 0.200. The van der Waals surface area contributed by atoms with Crippen LogP contribution in [0.15, 0.2) is 11.0 Å². The van der Waals surface area contributed by atoms with Gasteiger partial charge in [-0.3, -0.25) is 14.4 Å². The number of aromatic nitrogens is 4. The molecule has 142 valence electrons. The number of aldehydes is 1. The zero-order valence-electron chi connectivity index (χ0n) is 15.8. The van der Waals surface area contributed by atoms with Crippen LogP contribution in [0.5, 0.6) is 0 Å². The Morgan fingerprint density at radius 1 is 1.35 bits per heavy atom. The van der Waals surface area contributed by atoms with Gasteiger partial charge in [-0.1, -0.05) is 19.3 Å². The van der Waals surface area contributed by atoms with Crippen molar-refractivity contribution in [2.45, 2.75) is 50.7 Å². The van der Waals surface area contributed by atoms with E-state index in [9.17, 15) is 9.59 Å². The fourth-order valence-electron chi connectivity index (χ4n) is 3.76. The van der Waals surface area contributed by atoms with Crippen LogP contribution in [0.4, 0.5) is 0 Å². The molecule has 8 nitrogen and oxygen atoms in total. The Morgan fingerprint density at radius 2 is 2.08 bits per heavy atom. The number of aryl methyl sites for hydroxylation is 1. The molecule has 0 aromatic carbocycles. The van der Waals surface area contributed by atoms with Crippen molar-refractivity contribution >= 4 is 17.3 Å². The molecule has 1 aliphatic rings. The standard InChI is InChI=1S/C18H28N6O2/c1-22(13-7-5-4-6-8-13)10-14(12-25)23(2)11-16-20-17-15(18(26)21-16)9-19-24(17)3/h9,12-14H,4-8,10-11H2,1-3H3,(H,20,21,26). The van der Waals surface area contributed by atoms with Gasteiger partial charge in [0.15, 0.2) is 5.65 Å². The highest BCUT2D eigenvalue weighted by molar-refractivity contribution is 5.72. The summed E-state index contributed by atoms with van der Waals surface area (Å²) < 4.78 is 1.59. The van der Waals surface area contributed by atoms with E-state index >= 15 is 0 Å². The maximum absolute atomic E-state index is 12.2. The van der Waals surface area contributed by atoms with E-state index in [1.165, 1.54) is 38.3 Å². The van der Waals surface area contributed by atoms with Crippen molar-refractivity contribution in [3.05, 3.63) is 22.4 Å². The highest BCUT2D eigenvalue weighted by Gasteiger charge is 2.23. The Labute approximate surface area is 153 Å². The number of carbonyl (C=O) groups excluding carboxylic acids is 1. The Bertz CT molecular complexity index is 808. The SMILES string of the molecule is CN(Cc1nc2c(cnn2C)c(=O)[nH]1)C(C=O)CN(C)C1CCCCC1. The van der Waals surface area contributed by atoms with Gasteiger partial charge in [-0.25, -0.2) is 4.98 Å². The molecule has 2 aromatic heterocycles. The van der Waals surface area contributed by atoms with Crippen molar-refractivity contribution in [3.63, 3.8) is 0 Å². The number of hydrogen-bond donors (Lipinski definition) is 1. The molecule has 0 saturated heterocycles. The predicted octanol–water partition coefficient (Wildman–Crippen LogP) is 0.920. The Balaban J connectivity index is 1.68. The molecule has 2 heterocycles. The van der Waals surface area contributed by atoms with Crippen LogP contribution in [0.2, 0.25) is 0 Å². The summed E-state index contributed by atoms with van der Waals surface area (Å²) in [7, 11) is 5.75. The summed E-state index contributed by atoms with van der Waals surface area (Å²) >= 11 is 0. The zero-order valence-corrected chi connectivity index (χ0v) is 15.8. The van der Waals surface area contributed by atoms with Gasteiger partial charge in [-0.05, 0) is 26.9 Å². The van der Waals surface area contributed by atoms with Crippen LogP contribution in [0.1, 0.15) is 37.9 Å². The van der Waals surface area contributed by atoms with Crippen LogP contribution >= 0.6 is 0 Å². The normalized spacial score (nSPS) is 17.3. The quantitative estimate of drug-likeness (QED) is 0.739. The predicted molar refractivity (Wildman–Crippen MR) is 100.0 cm³/mol. The van der Waals surface area contributed by atoms with Gasteiger partial charge < -0.3 is 14.7 Å². The lowest BCUT2D eigenvalue weighted by molar-refractivity contribution is -0.113. The maximum Gasteiger partial charge on any atom is 0.262 e. The lowest BCUT2D eigenvalue weighted by Crippen LogP contribution is -2.45. The number of carbonyl (C=O) groups is 1. The molecule has 0 amide bonds. The van der Waals surface area contributed by atoms with E-state index in [1.807, 2.05) is 11.9 Å². The van der Waals surface area contributed by atoms with Crippen LogP contribution < -0.4 is 5.56 Å². The fourth-order valence-corrected chi connectivity index (χ4v) is 3.76. The van der Waals surface area contributed by atoms with Crippen molar-refractivity contribution < 1.29 is 4.79 Å². The van der Waals surface area contributed by atoms with E-state index < -0.39 is 0 Å². The van der Waals surface area contributed by atoms with Crippen LogP contribution in [0.3, 0.4) is 0 Å². The molecule has 1 unspecified atom stereocenters. The number of likely N-dealkylation sites (N-methyl/N-ethyl adjacent to an activating group) is 2. The molecule has 1 saturated carbocycles. The van der Waals surface area contributed by atoms with E-state index in [2.05, 4.69) is 27.0 Å². The van der Waals surface area contributed by atoms with Gasteiger partial charge >= 0.3 is 0 Å². The number of H-pyrrole nitrogens is 1. The average molecular weight is 360 g/mol. The summed E-state index contributed by atoms with van der Waals surface area (Å²) in [5, 5.41) is 4.55. The van der Waals surface area contributed by atoms with Crippen LogP contribution in [0, 0.1) is 0 Å². The number of nitrogens with zero attached hydrogens (tertiary/aromatic N) is 5. The van der Waals surface area contributed by atoms with Gasteiger partial charge in [0.05, 0.1) is 18.8 Å². The monoisotopic (exact) mass is 360 g/mol. The molecular formula is C18H28N6O2. The molecule has 2 aromatic rings. The summed E-state index contributed by atoms with van der Waals surface area (Å²) in [5.41, 5.74) is 0.354. The van der Waals surface area contributed by atoms with E-state index in [1.54, 1.807) is 11.7 Å². The third-order valence-corrected chi connectivity index (χ3v) is 5.45. The van der Waals surface area contributed by atoms with E-state index in [4.69, 9.17) is 0 Å². The van der Waals surface area contributed by atoms with Gasteiger partial charge in [0.25, 0.3) is 5.56 Å². The zero-order chi connectivity index (χ0) is 18.7. The largest absolute Gasteiger partial charge is 0.309 e. The van der Waals surface area contributed by atoms with Crippen molar-refractivity contribution in [1.82, 2.24) is 29.5 Å². The maximum atomic E-state index is 12.2. The first kappa shape index (κ1) is 18.7. The first-order valence-corrected chi connectivity index (χ1v) is 9.26. The third-order valence-electron chi connectivity index (χ3n) is 5.45. The molecule has 26 heavy (non-hydrogen) atoms. The second kappa shape index (κ2) is 8.09. The van der Waals surface area contributed by atoms with Crippen molar-refractivity contribution in [1.29, 1.82) is 0 Å². The molecule has 1 atom stereocenters. The van der Waals surface area contributed by atoms with Gasteiger partial charge in [0, 0.05) is 19.6 Å². The topological polar surface area (TPSA) is 87.1 Å². The van der Waals surface area contributed by atoms with Crippen molar-refractivity contribution in [2.75, 3.05) is 20.6 Å². The van der Waals surface area contributed by atoms with Gasteiger partial charge in [-0.15, -0.1) is 0 Å². The average Bonchev–Trinajstić information content (AvgIpc) is 3.01. The Morgan fingerprint density at radius 3 is 2.77 bits per heavy atom. The molecular weight excluding hydrogens is 332 g/mol. The highest BCUT2D eigenvalue weighted by atomic mass is 16.1. The third kappa shape index (κ3) is 4.02. The minimum Gasteiger partial charge on any atom is -0.309 e. The van der Waals surface area contributed by atoms with E-state index in [-0.39, 0.29) is 11.6 Å². The molecule has 0 aliphatic heterocycles. The Kier molecular flexibility index (Phi) is 5.83. The number of fused-ring (bicyclic) bond motifs is 1. The molecule has 0 spiro atoms.